The second-order valence-corrected chi connectivity index (χ2v) is 3.72. The Hall–Kier alpha value is -2.77. The van der Waals surface area contributed by atoms with Crippen molar-refractivity contribution in [2.75, 3.05) is 12.4 Å². The first-order chi connectivity index (χ1) is 9.11. The van der Waals surface area contributed by atoms with E-state index in [1.165, 1.54) is 11.7 Å². The van der Waals surface area contributed by atoms with E-state index in [9.17, 15) is 9.59 Å². The molecule has 0 saturated heterocycles. The maximum Gasteiger partial charge on any atom is 0.313 e. The van der Waals surface area contributed by atoms with Gasteiger partial charge in [-0.2, -0.15) is 4.68 Å². The number of amides is 2. The molecule has 0 aliphatic heterocycles. The number of benzene rings is 1. The van der Waals surface area contributed by atoms with Crippen LogP contribution in [0.1, 0.15) is 5.82 Å². The second kappa shape index (κ2) is 5.25. The van der Waals surface area contributed by atoms with E-state index in [0.717, 1.165) is 0 Å². The number of carbonyl (C=O) groups is 2. The summed E-state index contributed by atoms with van der Waals surface area (Å²) in [6.45, 7) is 1.76. The second-order valence-electron chi connectivity index (χ2n) is 3.72. The van der Waals surface area contributed by atoms with Crippen molar-refractivity contribution in [2.24, 2.45) is 0 Å². The summed E-state index contributed by atoms with van der Waals surface area (Å²) in [5, 5.41) is 15.9. The minimum atomic E-state index is -0.729. The van der Waals surface area contributed by atoms with E-state index in [1.807, 2.05) is 0 Å². The van der Waals surface area contributed by atoms with E-state index in [1.54, 1.807) is 31.2 Å². The molecule has 0 atom stereocenters. The average molecular weight is 260 g/mol. The minimum Gasteiger partial charge on any atom is -0.351 e. The summed E-state index contributed by atoms with van der Waals surface area (Å²) in [5.41, 5.74) is 1.18. The van der Waals surface area contributed by atoms with Crippen molar-refractivity contribution >= 4 is 17.5 Å². The van der Waals surface area contributed by atoms with Gasteiger partial charge < -0.3 is 10.6 Å². The van der Waals surface area contributed by atoms with Crippen LogP contribution in [0.5, 0.6) is 0 Å². The highest BCUT2D eigenvalue weighted by atomic mass is 16.2. The zero-order valence-corrected chi connectivity index (χ0v) is 10.4. The first-order valence-electron chi connectivity index (χ1n) is 5.50. The molecule has 1 aromatic carbocycles. The lowest BCUT2D eigenvalue weighted by atomic mass is 10.2. The highest BCUT2D eigenvalue weighted by Gasteiger charge is 2.12. The maximum atomic E-state index is 11.4. The van der Waals surface area contributed by atoms with E-state index in [2.05, 4.69) is 26.2 Å². The summed E-state index contributed by atoms with van der Waals surface area (Å²) >= 11 is 0. The predicted octanol–water partition coefficient (Wildman–Crippen LogP) is -0.345. The monoisotopic (exact) mass is 260 g/mol. The van der Waals surface area contributed by atoms with Gasteiger partial charge in [0, 0.05) is 12.7 Å². The first kappa shape index (κ1) is 12.7. The molecule has 2 aromatic rings. The number of hydrogen-bond acceptors (Lipinski definition) is 5. The highest BCUT2D eigenvalue weighted by Crippen LogP contribution is 2.14. The number of tetrazole rings is 1. The van der Waals surface area contributed by atoms with Crippen LogP contribution in [0, 0.1) is 6.92 Å². The van der Waals surface area contributed by atoms with E-state index in [-0.39, 0.29) is 0 Å². The molecule has 0 aliphatic carbocycles. The van der Waals surface area contributed by atoms with Gasteiger partial charge in [-0.25, -0.2) is 0 Å². The van der Waals surface area contributed by atoms with E-state index >= 15 is 0 Å². The van der Waals surface area contributed by atoms with E-state index < -0.39 is 11.8 Å². The van der Waals surface area contributed by atoms with Gasteiger partial charge in [0.25, 0.3) is 0 Å². The lowest BCUT2D eigenvalue weighted by molar-refractivity contribution is -0.135. The normalized spacial score (nSPS) is 10.0. The molecule has 98 valence electrons. The van der Waals surface area contributed by atoms with Gasteiger partial charge in [0.05, 0.1) is 5.69 Å². The number of hydrogen-bond donors (Lipinski definition) is 2. The molecular formula is C11H12N6O2. The standard InChI is InChI=1S/C11H12N6O2/c1-7-14-15-16-17(7)9-5-3-4-8(6-9)13-11(19)10(18)12-2/h3-6H,1-2H3,(H,12,18)(H,13,19). The molecule has 1 heterocycles. The summed E-state index contributed by atoms with van der Waals surface area (Å²) in [5.74, 6) is -0.813. The molecule has 2 rings (SSSR count). The van der Waals surface area contributed by atoms with Crippen molar-refractivity contribution in [1.29, 1.82) is 0 Å². The Morgan fingerprint density at radius 3 is 2.68 bits per heavy atom. The van der Waals surface area contributed by atoms with Crippen LogP contribution in [0.3, 0.4) is 0 Å². The Bertz CT molecular complexity index is 621. The molecule has 19 heavy (non-hydrogen) atoms. The molecule has 2 amide bonds. The summed E-state index contributed by atoms with van der Waals surface area (Å²) in [7, 11) is 1.39. The molecule has 0 saturated carbocycles. The van der Waals surface area contributed by atoms with Crippen LogP contribution in [-0.2, 0) is 9.59 Å². The highest BCUT2D eigenvalue weighted by molar-refractivity contribution is 6.39. The van der Waals surface area contributed by atoms with Crippen molar-refractivity contribution in [1.82, 2.24) is 25.5 Å². The molecule has 8 nitrogen and oxygen atoms in total. The van der Waals surface area contributed by atoms with Crippen molar-refractivity contribution in [3.05, 3.63) is 30.1 Å². The molecule has 0 spiro atoms. The molecule has 0 bridgehead atoms. The molecular weight excluding hydrogens is 248 g/mol. The quantitative estimate of drug-likeness (QED) is 0.719. The van der Waals surface area contributed by atoms with Gasteiger partial charge in [-0.3, -0.25) is 9.59 Å². The number of aryl methyl sites for hydroxylation is 1. The zero-order chi connectivity index (χ0) is 13.8. The van der Waals surface area contributed by atoms with Crippen LogP contribution in [-0.4, -0.2) is 39.1 Å². The Kier molecular flexibility index (Phi) is 3.51. The third-order valence-corrected chi connectivity index (χ3v) is 2.41. The van der Waals surface area contributed by atoms with Crippen LogP contribution in [0.4, 0.5) is 5.69 Å². The fourth-order valence-corrected chi connectivity index (χ4v) is 1.49. The number of rotatable bonds is 2. The Morgan fingerprint density at radius 2 is 2.05 bits per heavy atom. The number of anilines is 1. The number of carbonyl (C=O) groups excluding carboxylic acids is 2. The molecule has 0 unspecified atom stereocenters. The molecule has 0 aliphatic rings. The Labute approximate surface area is 108 Å². The number of likely N-dealkylation sites (N-methyl/N-ethyl adjacent to an activating group) is 1. The number of nitrogens with one attached hydrogen (secondary N) is 2. The van der Waals surface area contributed by atoms with Gasteiger partial charge in [0.1, 0.15) is 0 Å². The maximum absolute atomic E-state index is 11.4. The minimum absolute atomic E-state index is 0.487. The lowest BCUT2D eigenvalue weighted by Crippen LogP contribution is -2.32. The summed E-state index contributed by atoms with van der Waals surface area (Å²) in [6.07, 6.45) is 0. The summed E-state index contributed by atoms with van der Waals surface area (Å²) in [6, 6.07) is 6.86. The predicted molar refractivity (Wildman–Crippen MR) is 66.6 cm³/mol. The Morgan fingerprint density at radius 1 is 1.26 bits per heavy atom. The van der Waals surface area contributed by atoms with Crippen molar-refractivity contribution in [3.8, 4) is 5.69 Å². The van der Waals surface area contributed by atoms with Crippen LogP contribution < -0.4 is 10.6 Å². The fourth-order valence-electron chi connectivity index (χ4n) is 1.49. The smallest absolute Gasteiger partial charge is 0.313 e. The lowest BCUT2D eigenvalue weighted by Gasteiger charge is -2.06. The van der Waals surface area contributed by atoms with Gasteiger partial charge in [-0.15, -0.1) is 5.10 Å². The summed E-state index contributed by atoms with van der Waals surface area (Å²) in [4.78, 5) is 22.6. The Balaban J connectivity index is 2.23. The zero-order valence-electron chi connectivity index (χ0n) is 10.4. The van der Waals surface area contributed by atoms with Crippen LogP contribution in [0.15, 0.2) is 24.3 Å². The van der Waals surface area contributed by atoms with Gasteiger partial charge in [-0.1, -0.05) is 6.07 Å². The SMILES string of the molecule is CNC(=O)C(=O)Nc1cccc(-n2nnnc2C)c1. The number of aromatic nitrogens is 4. The molecule has 0 radical (unpaired) electrons. The molecule has 0 fully saturated rings. The third-order valence-electron chi connectivity index (χ3n) is 2.41. The van der Waals surface area contributed by atoms with Crippen LogP contribution in [0.25, 0.3) is 5.69 Å². The first-order valence-corrected chi connectivity index (χ1v) is 5.50. The van der Waals surface area contributed by atoms with Gasteiger partial charge >= 0.3 is 11.8 Å². The van der Waals surface area contributed by atoms with E-state index in [0.29, 0.717) is 17.2 Å². The fraction of sp³-hybridized carbons (Fsp3) is 0.182. The topological polar surface area (TPSA) is 102 Å². The molecule has 2 N–H and O–H groups in total. The van der Waals surface area contributed by atoms with Gasteiger partial charge in [-0.05, 0) is 35.5 Å². The largest absolute Gasteiger partial charge is 0.351 e. The van der Waals surface area contributed by atoms with Crippen molar-refractivity contribution in [3.63, 3.8) is 0 Å². The van der Waals surface area contributed by atoms with Crippen molar-refractivity contribution in [2.45, 2.75) is 6.92 Å². The van der Waals surface area contributed by atoms with E-state index in [4.69, 9.17) is 0 Å². The molecule has 8 heteroatoms. The summed E-state index contributed by atoms with van der Waals surface area (Å²) < 4.78 is 1.52. The van der Waals surface area contributed by atoms with Crippen molar-refractivity contribution < 1.29 is 9.59 Å². The van der Waals surface area contributed by atoms with Gasteiger partial charge in [0.2, 0.25) is 0 Å². The van der Waals surface area contributed by atoms with Crippen LogP contribution in [0.2, 0.25) is 0 Å². The molecule has 1 aromatic heterocycles. The average Bonchev–Trinajstić information content (AvgIpc) is 2.84. The van der Waals surface area contributed by atoms with Gasteiger partial charge in [0.15, 0.2) is 5.82 Å². The third kappa shape index (κ3) is 2.73. The number of nitrogens with zero attached hydrogens (tertiary/aromatic N) is 4. The van der Waals surface area contributed by atoms with Crippen LogP contribution >= 0.6 is 0 Å².